The quantitative estimate of drug-likeness (QED) is 0.304. The Kier molecular flexibility index (Phi) is 8.31. The van der Waals surface area contributed by atoms with Gasteiger partial charge < -0.3 is 19.7 Å². The molecule has 0 aromatic heterocycles. The number of halogens is 1. The van der Waals surface area contributed by atoms with Gasteiger partial charge in [0.25, 0.3) is 0 Å². The van der Waals surface area contributed by atoms with Crippen molar-refractivity contribution in [2.45, 2.75) is 32.9 Å². The van der Waals surface area contributed by atoms with E-state index in [1.54, 1.807) is 26.0 Å². The zero-order valence-electron chi connectivity index (χ0n) is 22.1. The van der Waals surface area contributed by atoms with Crippen molar-refractivity contribution in [1.82, 2.24) is 10.2 Å². The molecule has 40 heavy (non-hydrogen) atoms. The number of esters is 1. The van der Waals surface area contributed by atoms with Crippen LogP contribution in [0.3, 0.4) is 0 Å². The summed E-state index contributed by atoms with van der Waals surface area (Å²) in [5.74, 6) is 0.312. The Morgan fingerprint density at radius 2 is 1.77 bits per heavy atom. The average molecular weight is 558 g/mol. The molecule has 0 saturated heterocycles. The van der Waals surface area contributed by atoms with Crippen molar-refractivity contribution in [1.29, 1.82) is 0 Å². The number of nitrogens with one attached hydrogen (secondary N) is 1. The largest absolute Gasteiger partial charge is 0.463 e. The third-order valence-electron chi connectivity index (χ3n) is 6.39. The van der Waals surface area contributed by atoms with Crippen molar-refractivity contribution in [3.63, 3.8) is 0 Å². The smallest absolute Gasteiger partial charge is 0.338 e. The van der Waals surface area contributed by atoms with E-state index in [-0.39, 0.29) is 31.3 Å². The number of fused-ring (bicyclic) bond motifs is 1. The van der Waals surface area contributed by atoms with Gasteiger partial charge in [0.05, 0.1) is 30.3 Å². The SMILES string of the molecule is CCOC(=O)C1=C(C)N=C2SC=C(CC(=O)NCc3ccc(F)cc3)N2[C@H]1c1cccc(Oc2ccccc2)c1. The van der Waals surface area contributed by atoms with Crippen LogP contribution in [-0.2, 0) is 20.9 Å². The molecule has 1 amide bonds. The molecule has 2 aliphatic heterocycles. The van der Waals surface area contributed by atoms with Crippen LogP contribution < -0.4 is 10.1 Å². The monoisotopic (exact) mass is 557 g/mol. The molecule has 9 heteroatoms. The van der Waals surface area contributed by atoms with Gasteiger partial charge in [-0.25, -0.2) is 14.2 Å². The van der Waals surface area contributed by atoms with Gasteiger partial charge in [0.2, 0.25) is 5.91 Å². The predicted octanol–water partition coefficient (Wildman–Crippen LogP) is 6.46. The minimum atomic E-state index is -0.572. The second kappa shape index (κ2) is 12.2. The van der Waals surface area contributed by atoms with Gasteiger partial charge in [0.15, 0.2) is 5.17 Å². The number of thioether (sulfide) groups is 1. The highest BCUT2D eigenvalue weighted by Crippen LogP contribution is 2.45. The van der Waals surface area contributed by atoms with E-state index < -0.39 is 12.0 Å². The molecule has 0 aliphatic carbocycles. The van der Waals surface area contributed by atoms with Crippen LogP contribution in [0.4, 0.5) is 4.39 Å². The van der Waals surface area contributed by atoms with Crippen LogP contribution in [0.25, 0.3) is 0 Å². The van der Waals surface area contributed by atoms with Crippen LogP contribution in [0, 0.1) is 5.82 Å². The average Bonchev–Trinajstić information content (AvgIpc) is 3.34. The fraction of sp³-hybridized carbons (Fsp3) is 0.194. The summed E-state index contributed by atoms with van der Waals surface area (Å²) in [7, 11) is 0. The van der Waals surface area contributed by atoms with E-state index in [1.165, 1.54) is 23.9 Å². The standard InChI is InChI=1S/C31H28FN3O4S/c1-3-38-30(37)28-20(2)34-31-35(24(19-40-31)17-27(36)33-18-21-12-14-23(32)15-13-21)29(28)22-8-7-11-26(16-22)39-25-9-5-4-6-10-25/h4-16,19,29H,3,17-18H2,1-2H3,(H,33,36)/t29-/m0/s1. The predicted molar refractivity (Wildman–Crippen MR) is 153 cm³/mol. The first-order chi connectivity index (χ1) is 19.4. The summed E-state index contributed by atoms with van der Waals surface area (Å²) in [4.78, 5) is 32.8. The number of benzene rings is 3. The number of amidine groups is 1. The second-order valence-electron chi connectivity index (χ2n) is 9.18. The minimum Gasteiger partial charge on any atom is -0.463 e. The summed E-state index contributed by atoms with van der Waals surface area (Å²) in [6.07, 6.45) is 0.0685. The first-order valence-corrected chi connectivity index (χ1v) is 13.8. The fourth-order valence-corrected chi connectivity index (χ4v) is 5.52. The molecular formula is C31H28FN3O4S. The van der Waals surface area contributed by atoms with E-state index in [0.717, 1.165) is 11.1 Å². The van der Waals surface area contributed by atoms with Crippen LogP contribution in [0.15, 0.2) is 106 Å². The highest BCUT2D eigenvalue weighted by atomic mass is 32.2. The van der Waals surface area contributed by atoms with Gasteiger partial charge in [-0.1, -0.05) is 54.2 Å². The molecule has 0 unspecified atom stereocenters. The molecule has 3 aromatic carbocycles. The molecule has 1 N–H and O–H groups in total. The number of carbonyl (C=O) groups excluding carboxylic acids is 2. The van der Waals surface area contributed by atoms with Crippen molar-refractivity contribution >= 4 is 28.8 Å². The number of hydrogen-bond donors (Lipinski definition) is 1. The molecule has 0 fully saturated rings. The highest BCUT2D eigenvalue weighted by molar-refractivity contribution is 8.16. The van der Waals surface area contributed by atoms with Gasteiger partial charge in [0, 0.05) is 12.2 Å². The molecular weight excluding hydrogens is 529 g/mol. The van der Waals surface area contributed by atoms with Gasteiger partial charge >= 0.3 is 5.97 Å². The number of carbonyl (C=O) groups is 2. The lowest BCUT2D eigenvalue weighted by Gasteiger charge is -2.36. The van der Waals surface area contributed by atoms with Crippen LogP contribution in [-0.4, -0.2) is 28.6 Å². The van der Waals surface area contributed by atoms with Gasteiger partial charge in [0.1, 0.15) is 17.3 Å². The molecule has 204 valence electrons. The number of aliphatic imine (C=N–C) groups is 1. The normalized spacial score (nSPS) is 16.2. The van der Waals surface area contributed by atoms with E-state index in [4.69, 9.17) is 9.47 Å². The Labute approximate surface area is 236 Å². The first kappa shape index (κ1) is 27.2. The molecule has 3 aromatic rings. The zero-order valence-corrected chi connectivity index (χ0v) is 22.9. The fourth-order valence-electron chi connectivity index (χ4n) is 4.56. The third-order valence-corrected chi connectivity index (χ3v) is 7.28. The third kappa shape index (κ3) is 6.10. The summed E-state index contributed by atoms with van der Waals surface area (Å²) in [5.41, 5.74) is 3.26. The van der Waals surface area contributed by atoms with Crippen molar-refractivity contribution < 1.29 is 23.5 Å². The summed E-state index contributed by atoms with van der Waals surface area (Å²) in [6, 6.07) is 22.4. The maximum absolute atomic E-state index is 13.2. The van der Waals surface area contributed by atoms with E-state index in [9.17, 15) is 14.0 Å². The molecule has 0 spiro atoms. The Morgan fingerprint density at radius 1 is 1.02 bits per heavy atom. The van der Waals surface area contributed by atoms with Crippen molar-refractivity contribution in [3.05, 3.63) is 118 Å². The van der Waals surface area contributed by atoms with Gasteiger partial charge in [-0.05, 0) is 66.8 Å². The number of amides is 1. The Bertz CT molecular complexity index is 1500. The number of para-hydroxylation sites is 1. The summed E-state index contributed by atoms with van der Waals surface area (Å²) in [5, 5.41) is 5.45. The number of nitrogens with zero attached hydrogens (tertiary/aromatic N) is 2. The van der Waals surface area contributed by atoms with Gasteiger partial charge in [-0.3, -0.25) is 4.79 Å². The lowest BCUT2D eigenvalue weighted by Crippen LogP contribution is -2.38. The Hall–Kier alpha value is -4.37. The Morgan fingerprint density at radius 3 is 2.52 bits per heavy atom. The van der Waals surface area contributed by atoms with E-state index in [2.05, 4.69) is 10.3 Å². The topological polar surface area (TPSA) is 80.2 Å². The molecule has 1 atom stereocenters. The van der Waals surface area contributed by atoms with Crippen LogP contribution in [0.5, 0.6) is 11.5 Å². The molecule has 0 saturated carbocycles. The molecule has 5 rings (SSSR count). The van der Waals surface area contributed by atoms with Crippen molar-refractivity contribution in [2.24, 2.45) is 4.99 Å². The van der Waals surface area contributed by atoms with Crippen molar-refractivity contribution in [3.8, 4) is 11.5 Å². The minimum absolute atomic E-state index is 0.0685. The van der Waals surface area contributed by atoms with Crippen molar-refractivity contribution in [2.75, 3.05) is 6.61 Å². The molecule has 0 radical (unpaired) electrons. The second-order valence-corrected chi connectivity index (χ2v) is 10.0. The van der Waals surface area contributed by atoms with Crippen LogP contribution in [0.2, 0.25) is 0 Å². The zero-order chi connectivity index (χ0) is 28.1. The van der Waals surface area contributed by atoms with Gasteiger partial charge in [-0.2, -0.15) is 0 Å². The summed E-state index contributed by atoms with van der Waals surface area (Å²) < 4.78 is 24.7. The summed E-state index contributed by atoms with van der Waals surface area (Å²) in [6.45, 7) is 4.05. The number of allylic oxidation sites excluding steroid dienone is 1. The molecule has 2 aliphatic rings. The van der Waals surface area contributed by atoms with E-state index in [1.807, 2.05) is 64.9 Å². The lowest BCUT2D eigenvalue weighted by atomic mass is 9.93. The molecule has 7 nitrogen and oxygen atoms in total. The Balaban J connectivity index is 1.43. The number of hydrogen-bond acceptors (Lipinski definition) is 7. The molecule has 2 heterocycles. The maximum Gasteiger partial charge on any atom is 0.338 e. The van der Waals surface area contributed by atoms with Gasteiger partial charge in [-0.15, -0.1) is 0 Å². The lowest BCUT2D eigenvalue weighted by molar-refractivity contribution is -0.139. The van der Waals surface area contributed by atoms with E-state index >= 15 is 0 Å². The molecule has 0 bridgehead atoms. The van der Waals surface area contributed by atoms with Crippen LogP contribution in [0.1, 0.15) is 37.4 Å². The number of rotatable bonds is 9. The number of ether oxygens (including phenoxy) is 2. The highest BCUT2D eigenvalue weighted by Gasteiger charge is 2.41. The van der Waals surface area contributed by atoms with Crippen LogP contribution >= 0.6 is 11.8 Å². The summed E-state index contributed by atoms with van der Waals surface area (Å²) >= 11 is 1.40. The maximum atomic E-state index is 13.2. The van der Waals surface area contributed by atoms with E-state index in [0.29, 0.717) is 33.6 Å². The first-order valence-electron chi connectivity index (χ1n) is 12.9.